The van der Waals surface area contributed by atoms with E-state index in [4.69, 9.17) is 40.3 Å². The number of thiazole rings is 1. The maximum absolute atomic E-state index is 6.40. The van der Waals surface area contributed by atoms with E-state index in [0.29, 0.717) is 11.6 Å². The molecule has 3 fully saturated rings. The van der Waals surface area contributed by atoms with Crippen LogP contribution in [-0.2, 0) is 23.7 Å². The van der Waals surface area contributed by atoms with Gasteiger partial charge in [-0.05, 0) is 45.9 Å². The molecular weight excluding hydrogens is 390 g/mol. The first-order chi connectivity index (χ1) is 12.7. The number of rotatable bonds is 2. The molecule has 5 atom stereocenters. The second-order valence-electron chi connectivity index (χ2n) is 8.12. The van der Waals surface area contributed by atoms with Gasteiger partial charge in [0.05, 0.1) is 16.8 Å². The van der Waals surface area contributed by atoms with Crippen LogP contribution in [0, 0.1) is 0 Å². The van der Waals surface area contributed by atoms with Gasteiger partial charge in [-0.3, -0.25) is 0 Å². The normalized spacial score (nSPS) is 37.1. The summed E-state index contributed by atoms with van der Waals surface area (Å²) >= 11 is 7.70. The van der Waals surface area contributed by atoms with Crippen LogP contribution in [0.2, 0.25) is 5.02 Å². The van der Waals surface area contributed by atoms with Crippen molar-refractivity contribution in [1.82, 2.24) is 4.98 Å². The molecule has 5 rings (SSSR count). The first-order valence-corrected chi connectivity index (χ1v) is 10.3. The Morgan fingerprint density at radius 2 is 1.81 bits per heavy atom. The van der Waals surface area contributed by atoms with Gasteiger partial charge in [-0.1, -0.05) is 11.6 Å². The zero-order chi connectivity index (χ0) is 19.0. The molecule has 1 aromatic heterocycles. The Bertz CT molecular complexity index is 884. The third-order valence-corrected chi connectivity index (χ3v) is 6.41. The third-order valence-electron chi connectivity index (χ3n) is 5.10. The fourth-order valence-corrected chi connectivity index (χ4v) is 5.36. The molecule has 3 aliphatic rings. The van der Waals surface area contributed by atoms with Crippen LogP contribution in [-0.4, -0.2) is 47.6 Å². The Kier molecular flexibility index (Phi) is 4.12. The summed E-state index contributed by atoms with van der Waals surface area (Å²) in [5.74, 6) is -1.30. The van der Waals surface area contributed by atoms with Crippen molar-refractivity contribution in [2.75, 3.05) is 6.61 Å². The fourth-order valence-electron chi connectivity index (χ4n) is 4.04. The van der Waals surface area contributed by atoms with Crippen molar-refractivity contribution in [3.05, 3.63) is 28.2 Å². The van der Waals surface area contributed by atoms with Crippen LogP contribution < -0.4 is 0 Å². The zero-order valence-corrected chi connectivity index (χ0v) is 17.2. The predicted molar refractivity (Wildman–Crippen MR) is 101 cm³/mol. The fraction of sp³-hybridized carbons (Fsp3) is 0.632. The molecule has 27 heavy (non-hydrogen) atoms. The molecule has 0 amide bonds. The van der Waals surface area contributed by atoms with E-state index in [0.717, 1.165) is 15.2 Å². The highest BCUT2D eigenvalue weighted by molar-refractivity contribution is 7.18. The van der Waals surface area contributed by atoms with Crippen LogP contribution in [0.15, 0.2) is 18.2 Å². The molecule has 2 aromatic rings. The lowest BCUT2D eigenvalue weighted by Crippen LogP contribution is -2.40. The standard InChI is InChI=1S/C19H22ClNO5S/c1-18(2)22-8-11(24-18)13-14-15(26-19(3,4)25-14)16(23-13)17-21-10-6-5-9(20)7-12(10)27-17/h5-7,11,13-16H,8H2,1-4H3/t11-,13-,14+,15+,16+/m1/s1. The van der Waals surface area contributed by atoms with Crippen LogP contribution in [0.5, 0.6) is 0 Å². The molecule has 3 aliphatic heterocycles. The van der Waals surface area contributed by atoms with E-state index in [9.17, 15) is 0 Å². The van der Waals surface area contributed by atoms with E-state index in [2.05, 4.69) is 0 Å². The van der Waals surface area contributed by atoms with Crippen LogP contribution in [0.1, 0.15) is 38.8 Å². The van der Waals surface area contributed by atoms with E-state index in [1.54, 1.807) is 11.3 Å². The van der Waals surface area contributed by atoms with Crippen molar-refractivity contribution in [3.63, 3.8) is 0 Å². The molecule has 0 saturated carbocycles. The summed E-state index contributed by atoms with van der Waals surface area (Å²) in [6.45, 7) is 8.13. The number of halogens is 1. The van der Waals surface area contributed by atoms with Gasteiger partial charge in [0, 0.05) is 5.02 Å². The largest absolute Gasteiger partial charge is 0.359 e. The number of hydrogen-bond donors (Lipinski definition) is 0. The van der Waals surface area contributed by atoms with E-state index in [1.165, 1.54) is 0 Å². The zero-order valence-electron chi connectivity index (χ0n) is 15.6. The molecule has 8 heteroatoms. The van der Waals surface area contributed by atoms with Crippen molar-refractivity contribution in [2.24, 2.45) is 0 Å². The minimum Gasteiger partial charge on any atom is -0.359 e. The summed E-state index contributed by atoms with van der Waals surface area (Å²) in [5, 5.41) is 1.56. The highest BCUT2D eigenvalue weighted by Crippen LogP contribution is 2.48. The minimum atomic E-state index is -0.676. The Balaban J connectivity index is 1.48. The maximum Gasteiger partial charge on any atom is 0.164 e. The van der Waals surface area contributed by atoms with Gasteiger partial charge in [0.2, 0.25) is 0 Å². The van der Waals surface area contributed by atoms with Crippen molar-refractivity contribution in [3.8, 4) is 0 Å². The molecule has 0 bridgehead atoms. The summed E-state index contributed by atoms with van der Waals surface area (Å²) < 4.78 is 31.6. The molecule has 0 aliphatic carbocycles. The van der Waals surface area contributed by atoms with Crippen molar-refractivity contribution < 1.29 is 23.7 Å². The second kappa shape index (κ2) is 6.10. The van der Waals surface area contributed by atoms with Crippen molar-refractivity contribution in [1.29, 1.82) is 0 Å². The average molecular weight is 412 g/mol. The van der Waals surface area contributed by atoms with Crippen LogP contribution in [0.4, 0.5) is 0 Å². The van der Waals surface area contributed by atoms with Crippen LogP contribution in [0.3, 0.4) is 0 Å². The summed E-state index contributed by atoms with van der Waals surface area (Å²) in [6.07, 6.45) is -1.28. The number of fused-ring (bicyclic) bond motifs is 2. The number of ether oxygens (including phenoxy) is 5. The quantitative estimate of drug-likeness (QED) is 0.742. The summed E-state index contributed by atoms with van der Waals surface area (Å²) in [7, 11) is 0. The number of hydrogen-bond acceptors (Lipinski definition) is 7. The van der Waals surface area contributed by atoms with E-state index < -0.39 is 11.6 Å². The molecule has 0 N–H and O–H groups in total. The topological polar surface area (TPSA) is 59.0 Å². The summed E-state index contributed by atoms with van der Waals surface area (Å²) in [4.78, 5) is 4.76. The van der Waals surface area contributed by atoms with Gasteiger partial charge < -0.3 is 23.7 Å². The Hall–Kier alpha value is -0.800. The maximum atomic E-state index is 6.40. The smallest absolute Gasteiger partial charge is 0.164 e. The lowest BCUT2D eigenvalue weighted by atomic mass is 10.0. The molecule has 3 saturated heterocycles. The third kappa shape index (κ3) is 3.19. The van der Waals surface area contributed by atoms with Gasteiger partial charge in [0.25, 0.3) is 0 Å². The lowest BCUT2D eigenvalue weighted by Gasteiger charge is -2.26. The van der Waals surface area contributed by atoms with Gasteiger partial charge in [-0.2, -0.15) is 0 Å². The highest BCUT2D eigenvalue weighted by atomic mass is 35.5. The van der Waals surface area contributed by atoms with Gasteiger partial charge in [-0.15, -0.1) is 11.3 Å². The molecule has 0 unspecified atom stereocenters. The minimum absolute atomic E-state index is 0.209. The van der Waals surface area contributed by atoms with Crippen LogP contribution in [0.25, 0.3) is 10.2 Å². The van der Waals surface area contributed by atoms with Gasteiger partial charge in [-0.25, -0.2) is 4.98 Å². The van der Waals surface area contributed by atoms with Crippen molar-refractivity contribution in [2.45, 2.75) is 69.8 Å². The SMILES string of the molecule is CC1(C)O[C@@H]2[C@H](O1)[C@@H](c1nc3ccc(Cl)cc3s1)O[C@@H]2[C@H]1COC(C)(C)O1. The Morgan fingerprint density at radius 3 is 2.56 bits per heavy atom. The average Bonchev–Trinajstić information content (AvgIpc) is 3.28. The van der Waals surface area contributed by atoms with Gasteiger partial charge in [0.15, 0.2) is 11.6 Å². The highest BCUT2D eigenvalue weighted by Gasteiger charge is 2.59. The lowest BCUT2D eigenvalue weighted by molar-refractivity contribution is -0.207. The van der Waals surface area contributed by atoms with E-state index in [1.807, 2.05) is 45.9 Å². The second-order valence-corrected chi connectivity index (χ2v) is 9.62. The summed E-state index contributed by atoms with van der Waals surface area (Å²) in [5.41, 5.74) is 0.905. The molecule has 1 aromatic carbocycles. The van der Waals surface area contributed by atoms with E-state index >= 15 is 0 Å². The molecule has 0 spiro atoms. The molecule has 0 radical (unpaired) electrons. The summed E-state index contributed by atoms with van der Waals surface area (Å²) in [6, 6.07) is 5.70. The van der Waals surface area contributed by atoms with Gasteiger partial charge >= 0.3 is 0 Å². The first kappa shape index (κ1) is 18.2. The Labute approximate surface area is 166 Å². The molecular formula is C19H22ClNO5S. The van der Waals surface area contributed by atoms with Crippen molar-refractivity contribution >= 4 is 33.2 Å². The number of aromatic nitrogens is 1. The number of benzene rings is 1. The predicted octanol–water partition coefficient (Wildman–Crippen LogP) is 4.06. The Morgan fingerprint density at radius 1 is 1.04 bits per heavy atom. The van der Waals surface area contributed by atoms with E-state index in [-0.39, 0.29) is 30.5 Å². The first-order valence-electron chi connectivity index (χ1n) is 9.10. The molecule has 4 heterocycles. The van der Waals surface area contributed by atoms with Crippen LogP contribution >= 0.6 is 22.9 Å². The monoisotopic (exact) mass is 411 g/mol. The molecule has 146 valence electrons. The van der Waals surface area contributed by atoms with Gasteiger partial charge in [0.1, 0.15) is 35.5 Å². The molecule has 6 nitrogen and oxygen atoms in total. The number of nitrogens with zero attached hydrogens (tertiary/aromatic N) is 1.